The molecule has 0 aliphatic heterocycles. The summed E-state index contributed by atoms with van der Waals surface area (Å²) in [6, 6.07) is 11.9. The fraction of sp³-hybridized carbons (Fsp3) is 0.174. The third kappa shape index (κ3) is 5.15. The molecule has 12 heteroatoms. The lowest BCUT2D eigenvalue weighted by Gasteiger charge is -2.12. The van der Waals surface area contributed by atoms with Crippen LogP contribution in [0.25, 0.3) is 11.2 Å². The van der Waals surface area contributed by atoms with Gasteiger partial charge < -0.3 is 4.57 Å². The fourth-order valence-corrected chi connectivity index (χ4v) is 4.60. The van der Waals surface area contributed by atoms with Gasteiger partial charge in [0.1, 0.15) is 17.0 Å². The van der Waals surface area contributed by atoms with Crippen LogP contribution in [0.5, 0.6) is 0 Å². The van der Waals surface area contributed by atoms with E-state index in [-0.39, 0.29) is 27.8 Å². The zero-order chi connectivity index (χ0) is 25.5. The van der Waals surface area contributed by atoms with Crippen LogP contribution >= 0.6 is 11.6 Å². The largest absolute Gasteiger partial charge is 0.416 e. The number of aromatic nitrogens is 3. The highest BCUT2D eigenvalue weighted by Crippen LogP contribution is 2.32. The van der Waals surface area contributed by atoms with Crippen molar-refractivity contribution in [3.05, 3.63) is 87.8 Å². The summed E-state index contributed by atoms with van der Waals surface area (Å²) in [6.07, 6.45) is -4.53. The van der Waals surface area contributed by atoms with Gasteiger partial charge >= 0.3 is 6.18 Å². The molecule has 0 radical (unpaired) electrons. The standard InChI is InChI=1S/C23H18ClF3N4O3S/c1-13-3-7-17(8-4-13)35(33,34)30-22(32)20-10-9-19-21(29-20)31(14(2)28-19)12-15-5-6-16(11-18(15)24)23(25,26)27/h3-11H,12H2,1-2H3,(H,30,32). The molecule has 1 amide bonds. The van der Waals surface area contributed by atoms with Crippen LogP contribution in [0.15, 0.2) is 59.5 Å². The normalized spacial score (nSPS) is 12.2. The van der Waals surface area contributed by atoms with Crippen LogP contribution in [-0.2, 0) is 22.7 Å². The van der Waals surface area contributed by atoms with Crippen molar-refractivity contribution in [2.24, 2.45) is 0 Å². The van der Waals surface area contributed by atoms with Gasteiger partial charge in [-0.05, 0) is 55.8 Å². The summed E-state index contributed by atoms with van der Waals surface area (Å²) < 4.78 is 67.5. The van der Waals surface area contributed by atoms with Crippen molar-refractivity contribution in [2.45, 2.75) is 31.5 Å². The lowest BCUT2D eigenvalue weighted by molar-refractivity contribution is -0.137. The number of nitrogens with zero attached hydrogens (tertiary/aromatic N) is 3. The molecule has 1 N–H and O–H groups in total. The smallest absolute Gasteiger partial charge is 0.308 e. The number of carbonyl (C=O) groups is 1. The number of benzene rings is 2. The number of sulfonamides is 1. The molecule has 0 saturated heterocycles. The van der Waals surface area contributed by atoms with Gasteiger partial charge in [0.2, 0.25) is 0 Å². The number of amides is 1. The summed E-state index contributed by atoms with van der Waals surface area (Å²) >= 11 is 6.09. The van der Waals surface area contributed by atoms with Crippen LogP contribution in [0.2, 0.25) is 5.02 Å². The van der Waals surface area contributed by atoms with Crippen molar-refractivity contribution in [3.63, 3.8) is 0 Å². The summed E-state index contributed by atoms with van der Waals surface area (Å²) in [5, 5.41) is -0.0841. The molecule has 2 heterocycles. The van der Waals surface area contributed by atoms with Gasteiger partial charge in [0.05, 0.1) is 17.0 Å². The molecule has 0 fully saturated rings. The zero-order valence-electron chi connectivity index (χ0n) is 18.4. The van der Waals surface area contributed by atoms with E-state index in [1.54, 1.807) is 30.5 Å². The van der Waals surface area contributed by atoms with Crippen LogP contribution in [-0.4, -0.2) is 28.9 Å². The Bertz CT molecular complexity index is 1550. The third-order valence-electron chi connectivity index (χ3n) is 5.28. The predicted molar refractivity (Wildman–Crippen MR) is 124 cm³/mol. The minimum absolute atomic E-state index is 0.0407. The van der Waals surface area contributed by atoms with E-state index in [4.69, 9.17) is 11.6 Å². The van der Waals surface area contributed by atoms with Crippen molar-refractivity contribution >= 4 is 38.7 Å². The molecule has 35 heavy (non-hydrogen) atoms. The van der Waals surface area contributed by atoms with E-state index >= 15 is 0 Å². The highest BCUT2D eigenvalue weighted by molar-refractivity contribution is 7.90. The summed E-state index contributed by atoms with van der Waals surface area (Å²) in [4.78, 5) is 21.2. The highest BCUT2D eigenvalue weighted by Gasteiger charge is 2.31. The quantitative estimate of drug-likeness (QED) is 0.403. The highest BCUT2D eigenvalue weighted by atomic mass is 35.5. The Morgan fingerprint density at radius 1 is 1.03 bits per heavy atom. The van der Waals surface area contributed by atoms with Crippen LogP contribution in [0.1, 0.15) is 33.0 Å². The summed E-state index contributed by atoms with van der Waals surface area (Å²) in [5.41, 5.74) is 0.875. The summed E-state index contributed by atoms with van der Waals surface area (Å²) in [7, 11) is -4.12. The second-order valence-corrected chi connectivity index (χ2v) is 9.93. The third-order valence-corrected chi connectivity index (χ3v) is 6.98. The van der Waals surface area contributed by atoms with E-state index in [0.29, 0.717) is 16.9 Å². The molecule has 0 aliphatic carbocycles. The molecule has 4 rings (SSSR count). The maximum absolute atomic E-state index is 12.9. The maximum Gasteiger partial charge on any atom is 0.416 e. The number of rotatable bonds is 5. The minimum atomic E-state index is -4.53. The number of alkyl halides is 3. The van der Waals surface area contributed by atoms with Gasteiger partial charge in [-0.1, -0.05) is 35.4 Å². The van der Waals surface area contributed by atoms with Crippen molar-refractivity contribution in [1.29, 1.82) is 0 Å². The number of nitrogens with one attached hydrogen (secondary N) is 1. The second-order valence-electron chi connectivity index (χ2n) is 7.84. The van der Waals surface area contributed by atoms with E-state index in [1.807, 2.05) is 4.72 Å². The molecule has 2 aromatic carbocycles. The Kier molecular flexibility index (Phi) is 6.32. The number of hydrogen-bond donors (Lipinski definition) is 1. The molecular weight excluding hydrogens is 505 g/mol. The Hall–Kier alpha value is -3.44. The number of hydrogen-bond acceptors (Lipinski definition) is 5. The van der Waals surface area contributed by atoms with Gasteiger partial charge in [0.15, 0.2) is 5.65 Å². The monoisotopic (exact) mass is 522 g/mol. The van der Waals surface area contributed by atoms with E-state index < -0.39 is 27.7 Å². The van der Waals surface area contributed by atoms with Crippen molar-refractivity contribution in [3.8, 4) is 0 Å². The molecule has 4 aromatic rings. The van der Waals surface area contributed by atoms with Gasteiger partial charge in [-0.3, -0.25) is 4.79 Å². The molecular formula is C23H18ClF3N4O3S. The van der Waals surface area contributed by atoms with Crippen LogP contribution in [0.3, 0.4) is 0 Å². The average molecular weight is 523 g/mol. The lowest BCUT2D eigenvalue weighted by Crippen LogP contribution is -2.31. The number of imidazole rings is 1. The maximum atomic E-state index is 12.9. The number of carbonyl (C=O) groups excluding carboxylic acids is 1. The number of fused-ring (bicyclic) bond motifs is 1. The van der Waals surface area contributed by atoms with Gasteiger partial charge in [0.25, 0.3) is 15.9 Å². The summed E-state index contributed by atoms with van der Waals surface area (Å²) in [6.45, 7) is 3.51. The first-order valence-electron chi connectivity index (χ1n) is 10.2. The first kappa shape index (κ1) is 24.7. The van der Waals surface area contributed by atoms with Crippen molar-refractivity contribution < 1.29 is 26.4 Å². The molecule has 0 bridgehead atoms. The molecule has 7 nitrogen and oxygen atoms in total. The van der Waals surface area contributed by atoms with E-state index in [1.165, 1.54) is 30.3 Å². The minimum Gasteiger partial charge on any atom is -0.308 e. The van der Waals surface area contributed by atoms with Gasteiger partial charge in [-0.15, -0.1) is 0 Å². The molecule has 0 spiro atoms. The molecule has 0 saturated carbocycles. The first-order chi connectivity index (χ1) is 16.3. The number of halogens is 4. The molecule has 0 unspecified atom stereocenters. The first-order valence-corrected chi connectivity index (χ1v) is 12.0. The van der Waals surface area contributed by atoms with Gasteiger partial charge in [-0.2, -0.15) is 13.2 Å². The molecule has 2 aromatic heterocycles. The average Bonchev–Trinajstić information content (AvgIpc) is 3.08. The number of aryl methyl sites for hydroxylation is 2. The topological polar surface area (TPSA) is 94.0 Å². The summed E-state index contributed by atoms with van der Waals surface area (Å²) in [5.74, 6) is -0.459. The van der Waals surface area contributed by atoms with E-state index in [2.05, 4.69) is 9.97 Å². The van der Waals surface area contributed by atoms with E-state index in [0.717, 1.165) is 17.7 Å². The fourth-order valence-electron chi connectivity index (χ4n) is 3.40. The van der Waals surface area contributed by atoms with Crippen molar-refractivity contribution in [2.75, 3.05) is 0 Å². The number of pyridine rings is 1. The SMILES string of the molecule is Cc1ccc(S(=O)(=O)NC(=O)c2ccc3nc(C)n(Cc4ccc(C(F)(F)F)cc4Cl)c3n2)cc1. The van der Waals surface area contributed by atoms with Gasteiger partial charge in [0, 0.05) is 5.02 Å². The van der Waals surface area contributed by atoms with Crippen LogP contribution in [0, 0.1) is 13.8 Å². The van der Waals surface area contributed by atoms with E-state index in [9.17, 15) is 26.4 Å². The Morgan fingerprint density at radius 2 is 1.71 bits per heavy atom. The predicted octanol–water partition coefficient (Wildman–Crippen LogP) is 4.89. The van der Waals surface area contributed by atoms with Crippen LogP contribution < -0.4 is 4.72 Å². The Balaban J connectivity index is 1.65. The Labute approximate surface area is 203 Å². The lowest BCUT2D eigenvalue weighted by atomic mass is 10.1. The molecule has 182 valence electrons. The molecule has 0 atom stereocenters. The van der Waals surface area contributed by atoms with Crippen LogP contribution in [0.4, 0.5) is 13.2 Å². The molecule has 0 aliphatic rings. The zero-order valence-corrected chi connectivity index (χ0v) is 20.0. The Morgan fingerprint density at radius 3 is 2.34 bits per heavy atom. The van der Waals surface area contributed by atoms with Crippen molar-refractivity contribution in [1.82, 2.24) is 19.3 Å². The second kappa shape index (κ2) is 8.97. The van der Waals surface area contributed by atoms with Gasteiger partial charge in [-0.25, -0.2) is 23.1 Å².